The largest absolute Gasteiger partial charge is 0.456 e. The van der Waals surface area contributed by atoms with Gasteiger partial charge < -0.3 is 22.7 Å². The number of benzene rings is 20. The first-order chi connectivity index (χ1) is 67.8. The molecule has 6 heterocycles. The van der Waals surface area contributed by atoms with Crippen LogP contribution in [0.1, 0.15) is 125 Å². The van der Waals surface area contributed by atoms with Gasteiger partial charge in [-0.2, -0.15) is 0 Å². The van der Waals surface area contributed by atoms with Crippen LogP contribution in [0.15, 0.2) is 417 Å². The first-order valence-corrected chi connectivity index (χ1v) is 49.8. The van der Waals surface area contributed by atoms with Crippen molar-refractivity contribution < 1.29 is 4.42 Å². The molecule has 31 rings (SSSR count). The van der Waals surface area contributed by atoms with E-state index in [-0.39, 0.29) is 27.1 Å². The Morgan fingerprint density at radius 2 is 0.496 bits per heavy atom. The highest BCUT2D eigenvalue weighted by atomic mass is 32.1. The molecule has 6 aromatic heterocycles. The molecular weight excluding hydrogens is 1700 g/mol. The van der Waals surface area contributed by atoms with Crippen molar-refractivity contribution in [1.82, 2.24) is 18.3 Å². The van der Waals surface area contributed by atoms with Gasteiger partial charge in [0, 0.05) is 146 Å². The van der Waals surface area contributed by atoms with Crippen molar-refractivity contribution in [3.05, 3.63) is 468 Å². The molecule has 139 heavy (non-hydrogen) atoms. The highest BCUT2D eigenvalue weighted by molar-refractivity contribution is 7.25. The van der Waals surface area contributed by atoms with Crippen LogP contribution >= 0.6 is 11.3 Å². The van der Waals surface area contributed by atoms with E-state index in [2.05, 4.69) is 488 Å². The molecule has 20 aromatic carbocycles. The summed E-state index contributed by atoms with van der Waals surface area (Å²) in [6.45, 7) is 23.6. The Labute approximate surface area is 811 Å². The van der Waals surface area contributed by atoms with Crippen molar-refractivity contribution in [2.45, 2.75) is 96.3 Å². The Hall–Kier alpha value is -16.1. The van der Waals surface area contributed by atoms with Gasteiger partial charge >= 0.3 is 0 Å². The fraction of sp³-hybridized carbons (Fsp3) is 0.113. The van der Waals surface area contributed by atoms with E-state index in [0.717, 1.165) is 27.6 Å². The molecule has 0 saturated carbocycles. The third-order valence-electron chi connectivity index (χ3n) is 32.6. The zero-order chi connectivity index (χ0) is 93.2. The highest BCUT2D eigenvalue weighted by Gasteiger charge is 2.44. The second-order valence-electron chi connectivity index (χ2n) is 41.6. The minimum Gasteiger partial charge on any atom is -0.456 e. The molecule has 0 atom stereocenters. The Morgan fingerprint density at radius 1 is 0.187 bits per heavy atom. The van der Waals surface area contributed by atoms with E-state index in [4.69, 9.17) is 4.42 Å². The van der Waals surface area contributed by atoms with Gasteiger partial charge in [-0.05, 0) is 179 Å². The number of rotatable bonds is 4. The van der Waals surface area contributed by atoms with E-state index in [1.54, 1.807) is 0 Å². The molecule has 26 aromatic rings. The summed E-state index contributed by atoms with van der Waals surface area (Å²) in [5.74, 6) is 0. The zero-order valence-corrected chi connectivity index (χ0v) is 80.2. The average Bonchev–Trinajstić information content (AvgIpc) is 1.56. The van der Waals surface area contributed by atoms with Crippen molar-refractivity contribution in [3.8, 4) is 78.4 Å². The minimum absolute atomic E-state index is 0.0137. The molecule has 0 radical (unpaired) electrons. The molecule has 0 N–H and O–H groups in total. The van der Waals surface area contributed by atoms with Gasteiger partial charge in [0.25, 0.3) is 0 Å². The Balaban J connectivity index is 0.0000000913. The molecule has 0 unspecified atom stereocenters. The molecule has 662 valence electrons. The number of furan rings is 1. The summed E-state index contributed by atoms with van der Waals surface area (Å²) in [4.78, 5) is 0. The minimum atomic E-state index is -0.0356. The molecule has 5 nitrogen and oxygen atoms in total. The van der Waals surface area contributed by atoms with Crippen LogP contribution < -0.4 is 0 Å². The smallest absolute Gasteiger partial charge is 0.135 e. The van der Waals surface area contributed by atoms with E-state index in [9.17, 15) is 0 Å². The number of hydrogen-bond donors (Lipinski definition) is 0. The van der Waals surface area contributed by atoms with Gasteiger partial charge in [-0.15, -0.1) is 11.3 Å². The monoisotopic (exact) mass is 1800 g/mol. The Morgan fingerprint density at radius 3 is 0.971 bits per heavy atom. The van der Waals surface area contributed by atoms with Gasteiger partial charge in [-0.25, -0.2) is 0 Å². The van der Waals surface area contributed by atoms with Crippen LogP contribution in [0.25, 0.3) is 218 Å². The standard InChI is InChI=1S/C36H29N.C33H23NO.C33H23NS.C31H23N/c1-35(2)29-15-9-6-13-27(29)33-30(35)20-19-26-25-12-7-10-16-32(25)37(34(26)33)22-17-18-24-23-11-5-8-14-28(23)36(3,4)31(24)21-22;1-33(2)26-12-6-3-11-24(26)31-27(33)17-16-23-21-9-4-7-13-28(21)34(32(23)31)20-15-18-30-25(19-20)22-10-5-8-14-29(22)35-30;1-33(2)26-12-6-3-11-25(26)31-27(33)18-17-24-21-9-4-7-13-28(21)34(32(24)31)20-15-16-23-22-10-5-8-14-29(22)35-30(23)19-20;1-31(2)25-15-7-5-14-24(25)29-26(31)19-18-23-22-13-6-8-16-28(22)32(30(23)29)27-17-9-11-20-10-3-4-12-21(20)27/h5-21H,1-4H3;2*3-19H,1-2H3;3-19H,1-2H3. The number of hydrogen-bond acceptors (Lipinski definition) is 2. The lowest BCUT2D eigenvalue weighted by Gasteiger charge is -2.23. The summed E-state index contributed by atoms with van der Waals surface area (Å²) in [6.07, 6.45) is 0. The second kappa shape index (κ2) is 29.5. The molecule has 0 fully saturated rings. The van der Waals surface area contributed by atoms with Crippen LogP contribution in [0, 0.1) is 0 Å². The maximum Gasteiger partial charge on any atom is 0.135 e. The highest BCUT2D eigenvalue weighted by Crippen LogP contribution is 2.60. The van der Waals surface area contributed by atoms with Gasteiger partial charge in [0.15, 0.2) is 0 Å². The third-order valence-corrected chi connectivity index (χ3v) is 33.7. The number of thiophene rings is 1. The predicted molar refractivity (Wildman–Crippen MR) is 589 cm³/mol. The van der Waals surface area contributed by atoms with Crippen LogP contribution in [0.4, 0.5) is 0 Å². The van der Waals surface area contributed by atoms with Gasteiger partial charge in [0.1, 0.15) is 11.2 Å². The predicted octanol–water partition coefficient (Wildman–Crippen LogP) is 36.1. The van der Waals surface area contributed by atoms with Crippen molar-refractivity contribution in [2.75, 3.05) is 0 Å². The number of para-hydroxylation sites is 5. The van der Waals surface area contributed by atoms with E-state index < -0.39 is 0 Å². The summed E-state index contributed by atoms with van der Waals surface area (Å²) < 4.78 is 18.8. The van der Waals surface area contributed by atoms with Crippen LogP contribution in [0.2, 0.25) is 0 Å². The third kappa shape index (κ3) is 11.3. The molecule has 5 aliphatic rings. The van der Waals surface area contributed by atoms with Gasteiger partial charge in [-0.3, -0.25) is 0 Å². The number of aromatic nitrogens is 4. The average molecular weight is 1800 g/mol. The fourth-order valence-corrected chi connectivity index (χ4v) is 27.1. The lowest BCUT2D eigenvalue weighted by atomic mass is 9.82. The van der Waals surface area contributed by atoms with Crippen LogP contribution in [-0.2, 0) is 27.1 Å². The van der Waals surface area contributed by atoms with Crippen molar-refractivity contribution in [2.24, 2.45) is 0 Å². The lowest BCUT2D eigenvalue weighted by molar-refractivity contribution is 0.659. The van der Waals surface area contributed by atoms with Crippen molar-refractivity contribution in [1.29, 1.82) is 0 Å². The molecule has 0 bridgehead atoms. The lowest BCUT2D eigenvalue weighted by Crippen LogP contribution is -2.15. The topological polar surface area (TPSA) is 32.9 Å². The van der Waals surface area contributed by atoms with E-state index in [1.807, 2.05) is 23.5 Å². The van der Waals surface area contributed by atoms with Crippen LogP contribution in [0.5, 0.6) is 0 Å². The Bertz CT molecular complexity index is 9830. The first-order valence-electron chi connectivity index (χ1n) is 49.0. The van der Waals surface area contributed by atoms with Gasteiger partial charge in [-0.1, -0.05) is 397 Å². The fourth-order valence-electron chi connectivity index (χ4n) is 26.0. The molecular formula is C133H98N4OS. The van der Waals surface area contributed by atoms with Gasteiger partial charge in [0.2, 0.25) is 0 Å². The molecule has 0 saturated heterocycles. The molecule has 5 aliphatic carbocycles. The molecule has 6 heteroatoms. The summed E-state index contributed by atoms with van der Waals surface area (Å²) in [5, 5.41) is 18.0. The Kier molecular flexibility index (Phi) is 17.2. The quantitative estimate of drug-likeness (QED) is 0.173. The SMILES string of the molecule is CC1(C)c2ccccc2-c2c1ccc1c3ccccc3n(-c3ccc4c(c3)sc3ccccc34)c21.CC1(C)c2ccccc2-c2c1ccc1c3ccccc3n(-c3ccc4oc5ccccc5c4c3)c21.CC1(C)c2ccccc2-c2c1ccc1c3ccccc3n(-c3cccc4ccccc34)c21.CC1(C)c2ccccc2-c2ccc(-n3c4ccccc4c4ccc5c(c43)-c3ccccc3C5(C)C)cc21. The van der Waals surface area contributed by atoms with Gasteiger partial charge in [0.05, 0.1) is 49.8 Å². The maximum absolute atomic E-state index is 6.14. The van der Waals surface area contributed by atoms with E-state index in [1.165, 1.54) is 246 Å². The van der Waals surface area contributed by atoms with Crippen LogP contribution in [-0.4, -0.2) is 18.3 Å². The number of fused-ring (bicyclic) bond motifs is 38. The summed E-state index contributed by atoms with van der Waals surface area (Å²) in [7, 11) is 0. The molecule has 0 spiro atoms. The number of nitrogens with zero attached hydrogens (tertiary/aromatic N) is 4. The summed E-state index contributed by atoms with van der Waals surface area (Å²) in [5.41, 5.74) is 44.6. The van der Waals surface area contributed by atoms with Crippen molar-refractivity contribution >= 4 is 151 Å². The van der Waals surface area contributed by atoms with Crippen LogP contribution in [0.3, 0.4) is 0 Å². The molecule has 0 amide bonds. The van der Waals surface area contributed by atoms with E-state index in [0.29, 0.717) is 0 Å². The first kappa shape index (κ1) is 81.3. The summed E-state index contributed by atoms with van der Waals surface area (Å²) >= 11 is 1.88. The molecule has 0 aliphatic heterocycles. The summed E-state index contributed by atoms with van der Waals surface area (Å²) in [6, 6.07) is 152. The van der Waals surface area contributed by atoms with E-state index >= 15 is 0 Å². The second-order valence-corrected chi connectivity index (χ2v) is 42.7. The zero-order valence-electron chi connectivity index (χ0n) is 79.4. The normalized spacial score (nSPS) is 14.7. The van der Waals surface area contributed by atoms with Crippen molar-refractivity contribution in [3.63, 3.8) is 0 Å². The maximum atomic E-state index is 6.14.